The Hall–Kier alpha value is -1.18. The molecule has 2 unspecified atom stereocenters. The van der Waals surface area contributed by atoms with E-state index >= 15 is 0 Å². The van der Waals surface area contributed by atoms with Gasteiger partial charge in [-0.2, -0.15) is 4.31 Å². The number of piperazine rings is 1. The fourth-order valence-corrected chi connectivity index (χ4v) is 3.79. The molecular formula is C12H19N3O3S. The van der Waals surface area contributed by atoms with Gasteiger partial charge in [0.2, 0.25) is 15.9 Å². The third-order valence-electron chi connectivity index (χ3n) is 3.50. The van der Waals surface area contributed by atoms with E-state index in [1.807, 2.05) is 13.8 Å². The van der Waals surface area contributed by atoms with Crippen molar-refractivity contribution in [1.82, 2.24) is 14.6 Å². The van der Waals surface area contributed by atoms with Crippen molar-refractivity contribution in [1.29, 1.82) is 0 Å². The lowest BCUT2D eigenvalue weighted by Crippen LogP contribution is -2.57. The Morgan fingerprint density at radius 3 is 2.74 bits per heavy atom. The summed E-state index contributed by atoms with van der Waals surface area (Å²) in [5.41, 5.74) is 0. The molecule has 1 aliphatic rings. The molecule has 19 heavy (non-hydrogen) atoms. The first kappa shape index (κ1) is 14.2. The van der Waals surface area contributed by atoms with Crippen molar-refractivity contribution in [3.63, 3.8) is 0 Å². The topological polar surface area (TPSA) is 71.5 Å². The van der Waals surface area contributed by atoms with Crippen LogP contribution in [0.15, 0.2) is 23.2 Å². The lowest BCUT2D eigenvalue weighted by Gasteiger charge is -2.37. The first-order valence-electron chi connectivity index (χ1n) is 6.22. The molecule has 1 aromatic rings. The first-order chi connectivity index (χ1) is 8.96. The quantitative estimate of drug-likeness (QED) is 0.873. The Morgan fingerprint density at radius 2 is 2.16 bits per heavy atom. The van der Waals surface area contributed by atoms with Gasteiger partial charge in [-0.15, -0.1) is 0 Å². The molecule has 1 saturated heterocycles. The molecule has 6 nitrogen and oxygen atoms in total. The molecule has 106 valence electrons. The van der Waals surface area contributed by atoms with Crippen LogP contribution in [-0.4, -0.2) is 50.0 Å². The molecule has 0 amide bonds. The summed E-state index contributed by atoms with van der Waals surface area (Å²) >= 11 is 0. The van der Waals surface area contributed by atoms with E-state index < -0.39 is 10.0 Å². The zero-order valence-corrected chi connectivity index (χ0v) is 12.1. The van der Waals surface area contributed by atoms with Crippen molar-refractivity contribution < 1.29 is 13.2 Å². The molecule has 1 N–H and O–H groups in total. The van der Waals surface area contributed by atoms with Crippen molar-refractivity contribution in [2.24, 2.45) is 0 Å². The molecule has 2 rings (SSSR count). The number of methoxy groups -OCH3 is 1. The standard InChI is InChI=1S/C12H19N3O3S/c1-9-10(2)15(7-6-13-9)19(16,17)11-4-5-12(18-3)14-8-11/h4-5,8-10,13H,6-7H2,1-3H3. The number of sulfonamides is 1. The molecule has 1 aliphatic heterocycles. The second-order valence-electron chi connectivity index (χ2n) is 4.64. The average molecular weight is 285 g/mol. The fourth-order valence-electron chi connectivity index (χ4n) is 2.14. The second-order valence-corrected chi connectivity index (χ2v) is 6.53. The first-order valence-corrected chi connectivity index (χ1v) is 7.66. The highest BCUT2D eigenvalue weighted by Crippen LogP contribution is 2.21. The second kappa shape index (κ2) is 5.44. The average Bonchev–Trinajstić information content (AvgIpc) is 2.41. The van der Waals surface area contributed by atoms with Crippen molar-refractivity contribution in [2.75, 3.05) is 20.2 Å². The Labute approximate surface area is 113 Å². The number of nitrogens with zero attached hydrogens (tertiary/aromatic N) is 2. The normalized spacial score (nSPS) is 25.2. The molecule has 7 heteroatoms. The minimum absolute atomic E-state index is 0.0825. The van der Waals surface area contributed by atoms with E-state index in [9.17, 15) is 8.42 Å². The van der Waals surface area contributed by atoms with Crippen molar-refractivity contribution in [3.8, 4) is 5.88 Å². The van der Waals surface area contributed by atoms with Gasteiger partial charge in [0.05, 0.1) is 13.3 Å². The van der Waals surface area contributed by atoms with Gasteiger partial charge in [0.25, 0.3) is 0 Å². The predicted octanol–water partition coefficient (Wildman–Crippen LogP) is 0.461. The summed E-state index contributed by atoms with van der Waals surface area (Å²) in [6, 6.07) is 3.14. The predicted molar refractivity (Wildman–Crippen MR) is 71.6 cm³/mol. The van der Waals surface area contributed by atoms with Gasteiger partial charge in [-0.1, -0.05) is 0 Å². The van der Waals surface area contributed by atoms with Crippen LogP contribution < -0.4 is 10.1 Å². The van der Waals surface area contributed by atoms with E-state index in [1.165, 1.54) is 23.7 Å². The van der Waals surface area contributed by atoms with Crippen LogP contribution >= 0.6 is 0 Å². The Kier molecular flexibility index (Phi) is 4.07. The van der Waals surface area contributed by atoms with Gasteiger partial charge in [-0.25, -0.2) is 13.4 Å². The Morgan fingerprint density at radius 1 is 1.42 bits per heavy atom. The third-order valence-corrected chi connectivity index (χ3v) is 5.47. The van der Waals surface area contributed by atoms with Gasteiger partial charge in [0.1, 0.15) is 4.90 Å². The van der Waals surface area contributed by atoms with Crippen LogP contribution in [0.5, 0.6) is 5.88 Å². The Balaban J connectivity index is 2.30. The molecule has 0 aromatic carbocycles. The smallest absolute Gasteiger partial charge is 0.244 e. The summed E-state index contributed by atoms with van der Waals surface area (Å²) in [4.78, 5) is 4.16. The molecule has 0 aliphatic carbocycles. The lowest BCUT2D eigenvalue weighted by molar-refractivity contribution is 0.233. The van der Waals surface area contributed by atoms with Crippen LogP contribution in [0.1, 0.15) is 13.8 Å². The van der Waals surface area contributed by atoms with Crippen LogP contribution in [0.3, 0.4) is 0 Å². The minimum Gasteiger partial charge on any atom is -0.481 e. The summed E-state index contributed by atoms with van der Waals surface area (Å²) < 4.78 is 31.6. The summed E-state index contributed by atoms with van der Waals surface area (Å²) in [6.45, 7) is 5.03. The van der Waals surface area contributed by atoms with E-state index in [1.54, 1.807) is 6.07 Å². The van der Waals surface area contributed by atoms with E-state index in [4.69, 9.17) is 4.74 Å². The van der Waals surface area contributed by atoms with E-state index in [-0.39, 0.29) is 17.0 Å². The van der Waals surface area contributed by atoms with Crippen molar-refractivity contribution in [2.45, 2.75) is 30.8 Å². The Bertz CT molecular complexity index is 530. The molecule has 2 atom stereocenters. The number of nitrogens with one attached hydrogen (secondary N) is 1. The minimum atomic E-state index is -3.49. The molecule has 2 heterocycles. The fraction of sp³-hybridized carbons (Fsp3) is 0.583. The van der Waals surface area contributed by atoms with Gasteiger partial charge in [0, 0.05) is 31.2 Å². The number of ether oxygens (including phenoxy) is 1. The lowest BCUT2D eigenvalue weighted by atomic mass is 10.1. The third kappa shape index (κ3) is 2.72. The zero-order chi connectivity index (χ0) is 14.0. The highest BCUT2D eigenvalue weighted by Gasteiger charge is 2.34. The van der Waals surface area contributed by atoms with Gasteiger partial charge < -0.3 is 10.1 Å². The van der Waals surface area contributed by atoms with Crippen LogP contribution in [0, 0.1) is 0 Å². The summed E-state index contributed by atoms with van der Waals surface area (Å²) in [7, 11) is -2.00. The maximum absolute atomic E-state index is 12.6. The molecule has 0 spiro atoms. The number of aromatic nitrogens is 1. The van der Waals surface area contributed by atoms with Gasteiger partial charge in [0.15, 0.2) is 0 Å². The van der Waals surface area contributed by atoms with E-state index in [0.29, 0.717) is 19.0 Å². The number of rotatable bonds is 3. The van der Waals surface area contributed by atoms with Crippen molar-refractivity contribution >= 4 is 10.0 Å². The molecule has 1 aromatic heterocycles. The number of hydrogen-bond acceptors (Lipinski definition) is 5. The summed E-state index contributed by atoms with van der Waals surface area (Å²) in [5.74, 6) is 0.403. The maximum Gasteiger partial charge on any atom is 0.244 e. The summed E-state index contributed by atoms with van der Waals surface area (Å²) in [5, 5.41) is 3.26. The van der Waals surface area contributed by atoms with Crippen LogP contribution in [0.2, 0.25) is 0 Å². The van der Waals surface area contributed by atoms with Crippen molar-refractivity contribution in [3.05, 3.63) is 18.3 Å². The molecule has 0 radical (unpaired) electrons. The van der Waals surface area contributed by atoms with Crippen LogP contribution in [0.25, 0.3) is 0 Å². The van der Waals surface area contributed by atoms with E-state index in [2.05, 4.69) is 10.3 Å². The number of pyridine rings is 1. The summed E-state index contributed by atoms with van der Waals surface area (Å²) in [6.07, 6.45) is 1.34. The van der Waals surface area contributed by atoms with E-state index in [0.717, 1.165) is 0 Å². The maximum atomic E-state index is 12.6. The van der Waals surface area contributed by atoms with Gasteiger partial charge >= 0.3 is 0 Å². The van der Waals surface area contributed by atoms with Gasteiger partial charge in [-0.3, -0.25) is 0 Å². The SMILES string of the molecule is COc1ccc(S(=O)(=O)N2CCNC(C)C2C)cn1. The molecule has 0 bridgehead atoms. The van der Waals surface area contributed by atoms with Crippen LogP contribution in [0.4, 0.5) is 0 Å². The monoisotopic (exact) mass is 285 g/mol. The van der Waals surface area contributed by atoms with Crippen LogP contribution in [-0.2, 0) is 10.0 Å². The highest BCUT2D eigenvalue weighted by atomic mass is 32.2. The zero-order valence-electron chi connectivity index (χ0n) is 11.3. The molecular weight excluding hydrogens is 266 g/mol. The molecule has 0 saturated carbocycles. The largest absolute Gasteiger partial charge is 0.481 e. The number of hydrogen-bond donors (Lipinski definition) is 1. The highest BCUT2D eigenvalue weighted by molar-refractivity contribution is 7.89. The molecule has 1 fully saturated rings. The van der Waals surface area contributed by atoms with Gasteiger partial charge in [-0.05, 0) is 19.9 Å².